The summed E-state index contributed by atoms with van der Waals surface area (Å²) in [5.74, 6) is -0.0757. The van der Waals surface area contributed by atoms with Crippen molar-refractivity contribution in [3.63, 3.8) is 0 Å². The molecule has 1 heterocycles. The normalized spacial score (nSPS) is 11.9. The summed E-state index contributed by atoms with van der Waals surface area (Å²) in [4.78, 5) is 16.8. The molecule has 3 rings (SSSR count). The predicted octanol–water partition coefficient (Wildman–Crippen LogP) is 3.08. The summed E-state index contributed by atoms with van der Waals surface area (Å²) in [5, 5.41) is 2.93. The Hall–Kier alpha value is -2.95. The lowest BCUT2D eigenvalue weighted by Crippen LogP contribution is -2.31. The van der Waals surface area contributed by atoms with Gasteiger partial charge in [0.05, 0.1) is 0 Å². The van der Waals surface area contributed by atoms with Crippen LogP contribution in [-0.4, -0.2) is 15.5 Å². The second kappa shape index (κ2) is 6.44. The fourth-order valence-electron chi connectivity index (χ4n) is 2.44. The molecule has 0 aliphatic heterocycles. The van der Waals surface area contributed by atoms with E-state index in [-0.39, 0.29) is 11.5 Å². The molecule has 1 N–H and O–H groups in total. The number of nitrogens with zero attached hydrogens (tertiary/aromatic N) is 2. The fourth-order valence-corrected chi connectivity index (χ4v) is 2.44. The van der Waals surface area contributed by atoms with Crippen molar-refractivity contribution in [2.75, 3.05) is 0 Å². The zero-order valence-electron chi connectivity index (χ0n) is 12.6. The van der Waals surface area contributed by atoms with E-state index in [1.165, 1.54) is 18.2 Å². The highest BCUT2D eigenvalue weighted by Gasteiger charge is 2.21. The third-order valence-electron chi connectivity index (χ3n) is 3.61. The van der Waals surface area contributed by atoms with Crippen LogP contribution in [0, 0.1) is 5.82 Å². The summed E-state index contributed by atoms with van der Waals surface area (Å²) < 4.78 is 15.2. The van der Waals surface area contributed by atoms with E-state index in [4.69, 9.17) is 0 Å². The van der Waals surface area contributed by atoms with Crippen LogP contribution in [0.25, 0.3) is 0 Å². The first-order chi connectivity index (χ1) is 11.1. The van der Waals surface area contributed by atoms with Crippen LogP contribution in [-0.2, 0) is 7.05 Å². The number of hydrogen-bond donors (Lipinski definition) is 1. The van der Waals surface area contributed by atoms with Crippen LogP contribution in [0.3, 0.4) is 0 Å². The van der Waals surface area contributed by atoms with Crippen molar-refractivity contribution in [2.45, 2.75) is 6.04 Å². The highest BCUT2D eigenvalue weighted by Crippen LogP contribution is 2.20. The molecule has 4 nitrogen and oxygen atoms in total. The van der Waals surface area contributed by atoms with Gasteiger partial charge >= 0.3 is 0 Å². The van der Waals surface area contributed by atoms with Gasteiger partial charge in [-0.05, 0) is 23.8 Å². The number of hydrogen-bond acceptors (Lipinski definition) is 2. The minimum Gasteiger partial charge on any atom is -0.338 e. The summed E-state index contributed by atoms with van der Waals surface area (Å²) >= 11 is 0. The van der Waals surface area contributed by atoms with Gasteiger partial charge < -0.3 is 9.88 Å². The summed E-state index contributed by atoms with van der Waals surface area (Å²) in [6.45, 7) is 0. The Morgan fingerprint density at radius 1 is 1.17 bits per heavy atom. The minimum absolute atomic E-state index is 0.278. The Morgan fingerprint density at radius 3 is 2.61 bits per heavy atom. The number of aromatic nitrogens is 2. The van der Waals surface area contributed by atoms with Gasteiger partial charge in [-0.3, -0.25) is 4.79 Å². The summed E-state index contributed by atoms with van der Waals surface area (Å²) in [7, 11) is 1.87. The van der Waals surface area contributed by atoms with Crippen LogP contribution in [0.4, 0.5) is 4.39 Å². The number of amides is 1. The van der Waals surface area contributed by atoms with Crippen molar-refractivity contribution in [3.8, 4) is 0 Å². The number of carbonyl (C=O) groups is 1. The standard InChI is InChI=1S/C18H16FN3O/c1-22-11-10-20-17(22)16(13-6-3-2-4-7-13)21-18(23)14-8-5-9-15(19)12-14/h2-12,16H,1H3,(H,21,23)/t16-/m0/s1. The van der Waals surface area contributed by atoms with Crippen molar-refractivity contribution in [1.29, 1.82) is 0 Å². The maximum Gasteiger partial charge on any atom is 0.252 e. The predicted molar refractivity (Wildman–Crippen MR) is 85.4 cm³/mol. The molecule has 116 valence electrons. The van der Waals surface area contributed by atoms with Gasteiger partial charge in [0.25, 0.3) is 5.91 Å². The molecule has 0 spiro atoms. The van der Waals surface area contributed by atoms with E-state index < -0.39 is 11.9 Å². The van der Waals surface area contributed by atoms with E-state index >= 15 is 0 Å². The number of rotatable bonds is 4. The second-order valence-electron chi connectivity index (χ2n) is 5.22. The molecule has 1 amide bonds. The molecule has 0 bridgehead atoms. The average molecular weight is 309 g/mol. The van der Waals surface area contributed by atoms with Crippen molar-refractivity contribution in [2.24, 2.45) is 7.05 Å². The SMILES string of the molecule is Cn1ccnc1[C@@H](NC(=O)c1cccc(F)c1)c1ccccc1. The Labute approximate surface area is 133 Å². The van der Waals surface area contributed by atoms with E-state index in [0.717, 1.165) is 5.56 Å². The van der Waals surface area contributed by atoms with Crippen LogP contribution in [0.5, 0.6) is 0 Å². The molecule has 1 atom stereocenters. The Bertz CT molecular complexity index is 814. The molecule has 3 aromatic rings. The molecule has 0 fully saturated rings. The number of carbonyl (C=O) groups excluding carboxylic acids is 1. The van der Waals surface area contributed by atoms with Crippen molar-refractivity contribution in [3.05, 3.63) is 89.8 Å². The highest BCUT2D eigenvalue weighted by molar-refractivity contribution is 5.94. The molecular formula is C18H16FN3O. The number of aryl methyl sites for hydroxylation is 1. The molecule has 23 heavy (non-hydrogen) atoms. The average Bonchev–Trinajstić information content (AvgIpc) is 2.99. The molecule has 0 radical (unpaired) electrons. The summed E-state index contributed by atoms with van der Waals surface area (Å²) in [6, 6.07) is 14.8. The van der Waals surface area contributed by atoms with Crippen LogP contribution in [0.1, 0.15) is 27.8 Å². The van der Waals surface area contributed by atoms with E-state index in [0.29, 0.717) is 5.82 Å². The third-order valence-corrected chi connectivity index (χ3v) is 3.61. The highest BCUT2D eigenvalue weighted by atomic mass is 19.1. The summed E-state index contributed by atoms with van der Waals surface area (Å²) in [6.07, 6.45) is 3.50. The minimum atomic E-state index is -0.439. The Kier molecular flexibility index (Phi) is 4.19. The molecule has 0 aliphatic rings. The maximum atomic E-state index is 13.3. The molecule has 0 saturated heterocycles. The smallest absolute Gasteiger partial charge is 0.252 e. The van der Waals surface area contributed by atoms with Gasteiger partial charge in [0.1, 0.15) is 17.7 Å². The zero-order chi connectivity index (χ0) is 16.2. The largest absolute Gasteiger partial charge is 0.338 e. The summed E-state index contributed by atoms with van der Waals surface area (Å²) in [5.41, 5.74) is 1.19. The van der Waals surface area contributed by atoms with E-state index in [1.54, 1.807) is 12.3 Å². The van der Waals surface area contributed by atoms with E-state index in [9.17, 15) is 9.18 Å². The number of benzene rings is 2. The van der Waals surface area contributed by atoms with Crippen LogP contribution < -0.4 is 5.32 Å². The van der Waals surface area contributed by atoms with Crippen molar-refractivity contribution < 1.29 is 9.18 Å². The molecule has 5 heteroatoms. The van der Waals surface area contributed by atoms with E-state index in [2.05, 4.69) is 10.3 Å². The Morgan fingerprint density at radius 2 is 1.96 bits per heavy atom. The van der Waals surface area contributed by atoms with Crippen LogP contribution in [0.2, 0.25) is 0 Å². The molecule has 1 aromatic heterocycles. The lowest BCUT2D eigenvalue weighted by Gasteiger charge is -2.19. The lowest BCUT2D eigenvalue weighted by molar-refractivity contribution is 0.0940. The van der Waals surface area contributed by atoms with E-state index in [1.807, 2.05) is 48.1 Å². The first kappa shape index (κ1) is 15.0. The topological polar surface area (TPSA) is 46.9 Å². The number of imidazole rings is 1. The molecule has 2 aromatic carbocycles. The van der Waals surface area contributed by atoms with Gasteiger partial charge in [-0.1, -0.05) is 36.4 Å². The van der Waals surface area contributed by atoms with Gasteiger partial charge in [0.15, 0.2) is 0 Å². The monoisotopic (exact) mass is 309 g/mol. The zero-order valence-corrected chi connectivity index (χ0v) is 12.6. The number of nitrogens with one attached hydrogen (secondary N) is 1. The fraction of sp³-hybridized carbons (Fsp3) is 0.111. The lowest BCUT2D eigenvalue weighted by atomic mass is 10.1. The first-order valence-corrected chi connectivity index (χ1v) is 7.24. The first-order valence-electron chi connectivity index (χ1n) is 7.24. The molecular weight excluding hydrogens is 293 g/mol. The molecule has 0 unspecified atom stereocenters. The Balaban J connectivity index is 1.94. The van der Waals surface area contributed by atoms with Crippen molar-refractivity contribution >= 4 is 5.91 Å². The van der Waals surface area contributed by atoms with Gasteiger partial charge in [-0.2, -0.15) is 0 Å². The third kappa shape index (κ3) is 3.29. The van der Waals surface area contributed by atoms with Crippen LogP contribution >= 0.6 is 0 Å². The van der Waals surface area contributed by atoms with Crippen LogP contribution in [0.15, 0.2) is 67.0 Å². The van der Waals surface area contributed by atoms with Gasteiger partial charge in [-0.15, -0.1) is 0 Å². The van der Waals surface area contributed by atoms with Crippen molar-refractivity contribution in [1.82, 2.24) is 14.9 Å². The maximum absolute atomic E-state index is 13.3. The number of halogens is 1. The van der Waals surface area contributed by atoms with Gasteiger partial charge in [0, 0.05) is 25.0 Å². The molecule has 0 aliphatic carbocycles. The second-order valence-corrected chi connectivity index (χ2v) is 5.22. The molecule has 0 saturated carbocycles. The van der Waals surface area contributed by atoms with Gasteiger partial charge in [0.2, 0.25) is 0 Å². The van der Waals surface area contributed by atoms with Gasteiger partial charge in [-0.25, -0.2) is 9.37 Å². The quantitative estimate of drug-likeness (QED) is 0.805.